The Kier molecular flexibility index (Phi) is 12.8. The summed E-state index contributed by atoms with van der Waals surface area (Å²) < 4.78 is 47.3. The number of rotatable bonds is 16. The van der Waals surface area contributed by atoms with Crippen molar-refractivity contribution in [2.45, 2.75) is 54.6 Å². The van der Waals surface area contributed by atoms with Crippen LogP contribution in [0.2, 0.25) is 13.1 Å². The monoisotopic (exact) mass is 416 g/mol. The van der Waals surface area contributed by atoms with Gasteiger partial charge in [-0.05, 0) is 41.5 Å². The predicted molar refractivity (Wildman–Crippen MR) is 101 cm³/mol. The van der Waals surface area contributed by atoms with Crippen molar-refractivity contribution in [2.75, 3.05) is 39.6 Å². The van der Waals surface area contributed by atoms with Gasteiger partial charge in [-0.1, -0.05) is 0 Å². The molecule has 0 atom stereocenters. The van der Waals surface area contributed by atoms with Crippen molar-refractivity contribution >= 4 is 26.7 Å². The lowest BCUT2D eigenvalue weighted by molar-refractivity contribution is -0.0166. The summed E-state index contributed by atoms with van der Waals surface area (Å²) in [4.78, 5) is 0. The van der Waals surface area contributed by atoms with E-state index >= 15 is 0 Å². The van der Waals surface area contributed by atoms with Crippen LogP contribution in [0.5, 0.6) is 0 Å². The van der Waals surface area contributed by atoms with Gasteiger partial charge in [0.2, 0.25) is 0 Å². The summed E-state index contributed by atoms with van der Waals surface area (Å²) in [5.74, 6) is 0. The molecular weight excluding hydrogens is 380 g/mol. The molecule has 0 aliphatic rings. The zero-order valence-corrected chi connectivity index (χ0v) is 20.0. The van der Waals surface area contributed by atoms with Crippen molar-refractivity contribution in [3.63, 3.8) is 0 Å². The quantitative estimate of drug-likeness (QED) is 0.356. The van der Waals surface area contributed by atoms with Crippen LogP contribution in [0.1, 0.15) is 41.5 Å². The summed E-state index contributed by atoms with van der Waals surface area (Å²) in [7, 11) is -9.61. The summed E-state index contributed by atoms with van der Waals surface area (Å²) in [5, 5.41) is 0. The number of hydrogen-bond acceptors (Lipinski definition) is 8. The average molecular weight is 417 g/mol. The maximum absolute atomic E-state index is 6.22. The van der Waals surface area contributed by atoms with Gasteiger partial charge in [0.25, 0.3) is 0 Å². The molecule has 0 unspecified atom stereocenters. The molecule has 0 amide bonds. The van der Waals surface area contributed by atoms with Gasteiger partial charge in [0.05, 0.1) is 0 Å². The normalized spacial score (nSPS) is 13.4. The smallest absolute Gasteiger partial charge is 0.374 e. The Labute approximate surface area is 156 Å². The molecule has 0 fully saturated rings. The molecule has 0 radical (unpaired) electrons. The minimum absolute atomic E-state index is 0.359. The Morgan fingerprint density at radius 1 is 0.440 bits per heavy atom. The average Bonchev–Trinajstić information content (AvgIpc) is 2.47. The predicted octanol–water partition coefficient (Wildman–Crippen LogP) is 2.81. The van der Waals surface area contributed by atoms with Crippen LogP contribution < -0.4 is 0 Å². The summed E-state index contributed by atoms with van der Waals surface area (Å²) in [5.41, 5.74) is 0. The van der Waals surface area contributed by atoms with Crippen LogP contribution in [0.4, 0.5) is 0 Å². The molecule has 0 heterocycles. The Morgan fingerprint density at radius 2 is 0.680 bits per heavy atom. The third-order valence-corrected chi connectivity index (χ3v) is 12.4. The molecular formula is C14H36O8Si3. The lowest BCUT2D eigenvalue weighted by atomic mass is 10.9. The van der Waals surface area contributed by atoms with Crippen molar-refractivity contribution in [1.29, 1.82) is 0 Å². The van der Waals surface area contributed by atoms with Crippen LogP contribution in [0.15, 0.2) is 0 Å². The fourth-order valence-corrected chi connectivity index (χ4v) is 11.4. The topological polar surface area (TPSA) is 73.8 Å². The molecule has 0 bridgehead atoms. The molecule has 0 aromatic carbocycles. The molecule has 0 rings (SSSR count). The summed E-state index contributed by atoms with van der Waals surface area (Å²) in [6.45, 7) is 17.4. The molecule has 0 aromatic heterocycles. The fraction of sp³-hybridized carbons (Fsp3) is 1.00. The lowest BCUT2D eigenvalue weighted by Gasteiger charge is -2.38. The van der Waals surface area contributed by atoms with Gasteiger partial charge < -0.3 is 34.8 Å². The van der Waals surface area contributed by atoms with E-state index in [-0.39, 0.29) is 0 Å². The largest absolute Gasteiger partial charge is 0.664 e. The molecule has 0 aromatic rings. The van der Waals surface area contributed by atoms with Gasteiger partial charge in [-0.3, -0.25) is 0 Å². The SMILES string of the molecule is CCO[Si](C)(OCC)O[Si](OCC)(OCC)O[Si](C)(OCC)OCC. The van der Waals surface area contributed by atoms with E-state index in [9.17, 15) is 0 Å². The molecule has 152 valence electrons. The number of hydrogen-bond donors (Lipinski definition) is 0. The highest BCUT2D eigenvalue weighted by Gasteiger charge is 2.59. The summed E-state index contributed by atoms with van der Waals surface area (Å²) in [6.07, 6.45) is 0. The molecule has 0 saturated heterocycles. The standard InChI is InChI=1S/C14H36O8Si3/c1-9-15-23(7,16-10-2)21-25(19-13-5,20-14-6)22-24(8,17-11-3)18-12-4/h9-14H2,1-8H3. The fourth-order valence-electron chi connectivity index (χ4n) is 2.24. The van der Waals surface area contributed by atoms with Gasteiger partial charge in [0, 0.05) is 52.7 Å². The van der Waals surface area contributed by atoms with Crippen LogP contribution in [-0.2, 0) is 34.8 Å². The first-order chi connectivity index (χ1) is 11.8. The van der Waals surface area contributed by atoms with E-state index in [0.717, 1.165) is 0 Å². The van der Waals surface area contributed by atoms with Gasteiger partial charge in [0.15, 0.2) is 0 Å². The van der Waals surface area contributed by atoms with E-state index < -0.39 is 26.7 Å². The molecule has 11 heteroatoms. The maximum atomic E-state index is 6.22. The third-order valence-electron chi connectivity index (χ3n) is 2.89. The van der Waals surface area contributed by atoms with Crippen molar-refractivity contribution < 1.29 is 34.8 Å². The van der Waals surface area contributed by atoms with E-state index in [2.05, 4.69) is 0 Å². The van der Waals surface area contributed by atoms with Gasteiger partial charge >= 0.3 is 26.7 Å². The summed E-state index contributed by atoms with van der Waals surface area (Å²) in [6, 6.07) is 0. The Bertz CT molecular complexity index is 304. The van der Waals surface area contributed by atoms with E-state index in [1.54, 1.807) is 0 Å². The summed E-state index contributed by atoms with van der Waals surface area (Å²) >= 11 is 0. The van der Waals surface area contributed by atoms with Crippen LogP contribution in [0, 0.1) is 0 Å². The van der Waals surface area contributed by atoms with E-state index in [1.165, 1.54) is 0 Å². The van der Waals surface area contributed by atoms with Crippen LogP contribution in [-0.4, -0.2) is 66.3 Å². The van der Waals surface area contributed by atoms with Crippen molar-refractivity contribution in [3.8, 4) is 0 Å². The highest BCUT2D eigenvalue weighted by Crippen LogP contribution is 2.25. The highest BCUT2D eigenvalue weighted by atomic mass is 28.5. The van der Waals surface area contributed by atoms with Gasteiger partial charge in [0.1, 0.15) is 0 Å². The second-order valence-corrected chi connectivity index (χ2v) is 12.8. The van der Waals surface area contributed by atoms with Crippen molar-refractivity contribution in [2.24, 2.45) is 0 Å². The third kappa shape index (κ3) is 9.19. The van der Waals surface area contributed by atoms with Gasteiger partial charge in [-0.25, -0.2) is 0 Å². The Morgan fingerprint density at radius 3 is 0.880 bits per heavy atom. The highest BCUT2D eigenvalue weighted by molar-refractivity contribution is 6.77. The van der Waals surface area contributed by atoms with Crippen molar-refractivity contribution in [3.05, 3.63) is 0 Å². The van der Waals surface area contributed by atoms with Crippen LogP contribution in [0.25, 0.3) is 0 Å². The molecule has 0 spiro atoms. The first-order valence-corrected chi connectivity index (χ1v) is 15.1. The van der Waals surface area contributed by atoms with E-state index in [0.29, 0.717) is 39.6 Å². The van der Waals surface area contributed by atoms with Gasteiger partial charge in [-0.15, -0.1) is 0 Å². The molecule has 0 aliphatic carbocycles. The van der Waals surface area contributed by atoms with Crippen molar-refractivity contribution in [1.82, 2.24) is 0 Å². The minimum Gasteiger partial charge on any atom is -0.374 e. The molecule has 0 N–H and O–H groups in total. The van der Waals surface area contributed by atoms with Crippen LogP contribution in [0.3, 0.4) is 0 Å². The molecule has 25 heavy (non-hydrogen) atoms. The Hall–Kier alpha value is 0.331. The lowest BCUT2D eigenvalue weighted by Crippen LogP contribution is -2.64. The zero-order chi connectivity index (χ0) is 19.4. The molecule has 0 saturated carbocycles. The van der Waals surface area contributed by atoms with Crippen LogP contribution >= 0.6 is 0 Å². The first kappa shape index (κ1) is 25.3. The zero-order valence-electron chi connectivity index (χ0n) is 17.0. The second-order valence-electron chi connectivity index (χ2n) is 5.03. The maximum Gasteiger partial charge on any atom is 0.664 e. The first-order valence-electron chi connectivity index (χ1n) is 9.02. The molecule has 8 nitrogen and oxygen atoms in total. The second kappa shape index (κ2) is 12.7. The van der Waals surface area contributed by atoms with Gasteiger partial charge in [-0.2, -0.15) is 0 Å². The molecule has 0 aliphatic heterocycles. The Balaban J connectivity index is 5.66. The van der Waals surface area contributed by atoms with E-state index in [4.69, 9.17) is 34.8 Å². The minimum atomic E-state index is -3.59. The van der Waals surface area contributed by atoms with E-state index in [1.807, 2.05) is 54.6 Å².